The summed E-state index contributed by atoms with van der Waals surface area (Å²) in [5.74, 6) is 1.03. The van der Waals surface area contributed by atoms with E-state index >= 15 is 0 Å². The van der Waals surface area contributed by atoms with Crippen molar-refractivity contribution in [3.8, 4) is 0 Å². The van der Waals surface area contributed by atoms with Crippen molar-refractivity contribution in [3.63, 3.8) is 0 Å². The van der Waals surface area contributed by atoms with E-state index in [4.69, 9.17) is 0 Å². The van der Waals surface area contributed by atoms with E-state index in [1.807, 2.05) is 6.92 Å². The van der Waals surface area contributed by atoms with Gasteiger partial charge in [0.1, 0.15) is 5.94 Å². The first-order chi connectivity index (χ1) is 3.77. The molecule has 0 saturated heterocycles. The van der Waals surface area contributed by atoms with E-state index in [9.17, 15) is 9.90 Å². The van der Waals surface area contributed by atoms with Gasteiger partial charge in [0.25, 0.3) is 0 Å². The third kappa shape index (κ3) is 5.62. The van der Waals surface area contributed by atoms with Crippen LogP contribution in [0.15, 0.2) is 0 Å². The minimum atomic E-state index is -1.45. The lowest BCUT2D eigenvalue weighted by atomic mass is 11.0. The number of hydrogen-bond donors (Lipinski definition) is 0. The Bertz CT molecular complexity index is 73.7. The van der Waals surface area contributed by atoms with Crippen molar-refractivity contribution in [3.05, 3.63) is 0 Å². The summed E-state index contributed by atoms with van der Waals surface area (Å²) in [6, 6.07) is 0. The lowest BCUT2D eigenvalue weighted by Crippen LogP contribution is -1.96. The van der Waals surface area contributed by atoms with Crippen molar-refractivity contribution in [2.45, 2.75) is 6.92 Å². The standard InChI is InChI=1S/C4H7O3S/c1-2-8-3-7-4(5)6/h2-3H2,1H3. The van der Waals surface area contributed by atoms with Crippen LogP contribution in [-0.2, 0) is 9.84 Å². The second-order valence-corrected chi connectivity index (χ2v) is 2.23. The van der Waals surface area contributed by atoms with Crippen LogP contribution in [0.4, 0.5) is 4.79 Å². The van der Waals surface area contributed by atoms with Gasteiger partial charge in [-0.1, -0.05) is 6.92 Å². The van der Waals surface area contributed by atoms with Crippen molar-refractivity contribution >= 4 is 17.9 Å². The molecule has 0 spiro atoms. The molecule has 0 atom stereocenters. The quantitative estimate of drug-likeness (QED) is 0.332. The maximum Gasteiger partial charge on any atom is 0.550 e. The van der Waals surface area contributed by atoms with E-state index in [-0.39, 0.29) is 5.94 Å². The molecule has 0 aromatic carbocycles. The maximum atomic E-state index is 9.53. The van der Waals surface area contributed by atoms with Gasteiger partial charge in [-0.2, -0.15) is 9.90 Å². The Kier molecular flexibility index (Phi) is 4.54. The van der Waals surface area contributed by atoms with E-state index in [2.05, 4.69) is 4.74 Å². The van der Waals surface area contributed by atoms with E-state index in [1.54, 1.807) is 0 Å². The first-order valence-corrected chi connectivity index (χ1v) is 3.34. The molecule has 3 nitrogen and oxygen atoms in total. The van der Waals surface area contributed by atoms with Crippen molar-refractivity contribution in [1.29, 1.82) is 0 Å². The lowest BCUT2D eigenvalue weighted by molar-refractivity contribution is 0.0831. The molecule has 0 N–H and O–H groups in total. The van der Waals surface area contributed by atoms with Crippen LogP contribution < -0.4 is 0 Å². The molecule has 0 amide bonds. The molecular weight excluding hydrogens is 128 g/mol. The number of carbonyl (C=O) groups excluding carboxylic acids is 1. The fourth-order valence-electron chi connectivity index (χ4n) is 0.173. The van der Waals surface area contributed by atoms with Gasteiger partial charge in [-0.3, -0.25) is 0 Å². The van der Waals surface area contributed by atoms with Crippen molar-refractivity contribution < 1.29 is 14.6 Å². The van der Waals surface area contributed by atoms with Crippen LogP contribution in [0.3, 0.4) is 0 Å². The minimum Gasteiger partial charge on any atom is -0.421 e. The Morgan fingerprint density at radius 2 is 2.38 bits per heavy atom. The Morgan fingerprint density at radius 1 is 1.75 bits per heavy atom. The third-order valence-electron chi connectivity index (χ3n) is 0.464. The zero-order chi connectivity index (χ0) is 6.41. The summed E-state index contributed by atoms with van der Waals surface area (Å²) in [4.78, 5) is 9.53. The van der Waals surface area contributed by atoms with E-state index in [0.717, 1.165) is 5.75 Å². The van der Waals surface area contributed by atoms with Gasteiger partial charge in [-0.25, -0.2) is 0 Å². The summed E-state index contributed by atoms with van der Waals surface area (Å²) >= 11 is 1.39. The highest BCUT2D eigenvalue weighted by Crippen LogP contribution is 1.97. The fourth-order valence-corrected chi connectivity index (χ4v) is 0.519. The summed E-state index contributed by atoms with van der Waals surface area (Å²) in [6.07, 6.45) is -1.45. The molecule has 1 radical (unpaired) electrons. The first kappa shape index (κ1) is 7.62. The zero-order valence-electron chi connectivity index (χ0n) is 4.55. The normalized spacial score (nSPS) is 8.62. The highest BCUT2D eigenvalue weighted by molar-refractivity contribution is 7.99. The van der Waals surface area contributed by atoms with Crippen molar-refractivity contribution in [2.75, 3.05) is 11.7 Å². The summed E-state index contributed by atoms with van der Waals surface area (Å²) < 4.78 is 4.05. The van der Waals surface area contributed by atoms with E-state index in [1.165, 1.54) is 11.8 Å². The topological polar surface area (TPSA) is 46.2 Å². The molecule has 0 unspecified atom stereocenters. The summed E-state index contributed by atoms with van der Waals surface area (Å²) in [5, 5.41) is 9.53. The Balaban J connectivity index is 2.82. The molecule has 0 aliphatic heterocycles. The van der Waals surface area contributed by atoms with Gasteiger partial charge in [0, 0.05) is 0 Å². The lowest BCUT2D eigenvalue weighted by Gasteiger charge is -1.92. The molecule has 8 heavy (non-hydrogen) atoms. The van der Waals surface area contributed by atoms with Crippen LogP contribution in [0.5, 0.6) is 0 Å². The number of hydrogen-bond acceptors (Lipinski definition) is 3. The maximum absolute atomic E-state index is 9.53. The molecule has 0 aliphatic carbocycles. The van der Waals surface area contributed by atoms with E-state index in [0.29, 0.717) is 0 Å². The molecule has 0 saturated carbocycles. The van der Waals surface area contributed by atoms with Crippen LogP contribution in [0.2, 0.25) is 0 Å². The Morgan fingerprint density at radius 3 is 2.75 bits per heavy atom. The predicted molar refractivity (Wildman–Crippen MR) is 30.2 cm³/mol. The molecule has 0 aromatic heterocycles. The van der Waals surface area contributed by atoms with Gasteiger partial charge in [-0.05, 0) is 5.75 Å². The fraction of sp³-hybridized carbons (Fsp3) is 0.750. The molecule has 0 fully saturated rings. The van der Waals surface area contributed by atoms with Gasteiger partial charge >= 0.3 is 6.16 Å². The average molecular weight is 135 g/mol. The van der Waals surface area contributed by atoms with E-state index < -0.39 is 6.16 Å². The average Bonchev–Trinajstić information content (AvgIpc) is 1.66. The van der Waals surface area contributed by atoms with Crippen molar-refractivity contribution in [1.82, 2.24) is 0 Å². The van der Waals surface area contributed by atoms with Crippen molar-refractivity contribution in [2.24, 2.45) is 0 Å². The molecule has 0 aromatic rings. The Hall–Kier alpha value is -0.380. The SMILES string of the molecule is CCSCOC([O])=O. The molecule has 0 rings (SSSR count). The number of ether oxygens (including phenoxy) is 1. The third-order valence-corrected chi connectivity index (χ3v) is 1.16. The first-order valence-electron chi connectivity index (χ1n) is 2.19. The van der Waals surface area contributed by atoms with Crippen LogP contribution in [0, 0.1) is 0 Å². The number of thioether (sulfide) groups is 1. The summed E-state index contributed by atoms with van der Waals surface area (Å²) in [6.45, 7) is 1.92. The molecule has 4 heteroatoms. The molecule has 0 heterocycles. The zero-order valence-corrected chi connectivity index (χ0v) is 5.36. The second kappa shape index (κ2) is 4.77. The highest BCUT2D eigenvalue weighted by Gasteiger charge is 1.95. The largest absolute Gasteiger partial charge is 0.550 e. The molecular formula is C4H7O3S. The molecule has 0 aliphatic rings. The minimum absolute atomic E-state index is 0.179. The summed E-state index contributed by atoms with van der Waals surface area (Å²) in [7, 11) is 0. The van der Waals surface area contributed by atoms with Crippen LogP contribution in [0.25, 0.3) is 0 Å². The van der Waals surface area contributed by atoms with Gasteiger partial charge in [-0.15, -0.1) is 11.8 Å². The monoisotopic (exact) mass is 135 g/mol. The van der Waals surface area contributed by atoms with Crippen LogP contribution >= 0.6 is 11.8 Å². The van der Waals surface area contributed by atoms with Gasteiger partial charge in [0.2, 0.25) is 0 Å². The molecule has 47 valence electrons. The number of rotatable bonds is 3. The van der Waals surface area contributed by atoms with Gasteiger partial charge in [0.05, 0.1) is 0 Å². The number of carbonyl (C=O) groups is 1. The highest BCUT2D eigenvalue weighted by atomic mass is 32.2. The molecule has 0 bridgehead atoms. The van der Waals surface area contributed by atoms with Gasteiger partial charge in [0.15, 0.2) is 0 Å². The van der Waals surface area contributed by atoms with Crippen LogP contribution in [-0.4, -0.2) is 17.8 Å². The second-order valence-electron chi connectivity index (χ2n) is 1.00. The Labute approximate surface area is 52.0 Å². The van der Waals surface area contributed by atoms with Crippen LogP contribution in [0.1, 0.15) is 6.92 Å². The smallest absolute Gasteiger partial charge is 0.421 e. The summed E-state index contributed by atoms with van der Waals surface area (Å²) in [5.41, 5.74) is 0. The van der Waals surface area contributed by atoms with Gasteiger partial charge < -0.3 is 4.74 Å². The predicted octanol–water partition coefficient (Wildman–Crippen LogP) is 1.26.